The van der Waals surface area contributed by atoms with Gasteiger partial charge in [-0.3, -0.25) is 14.2 Å². The number of amides is 1. The first-order chi connectivity index (χ1) is 12.0. The lowest BCUT2D eigenvalue weighted by atomic mass is 10.1. The lowest BCUT2D eigenvalue weighted by Crippen LogP contribution is -2.34. The first-order valence-electron chi connectivity index (χ1n) is 7.64. The first kappa shape index (κ1) is 16.8. The molecule has 1 heterocycles. The molecule has 0 fully saturated rings. The molecule has 0 saturated heterocycles. The maximum Gasteiger partial charge on any atom is 0.261 e. The van der Waals surface area contributed by atoms with Gasteiger partial charge in [-0.05, 0) is 25.1 Å². The molecule has 0 unspecified atom stereocenters. The molecule has 128 valence electrons. The Morgan fingerprint density at radius 2 is 2.00 bits per heavy atom. The maximum absolute atomic E-state index is 13.8. The number of aromatic nitrogens is 2. The van der Waals surface area contributed by atoms with Gasteiger partial charge in [0, 0.05) is 11.6 Å². The quantitative estimate of drug-likeness (QED) is 0.792. The smallest absolute Gasteiger partial charge is 0.261 e. The minimum absolute atomic E-state index is 0.165. The molecule has 0 radical (unpaired) electrons. The standard InChI is InChI=1S/C18H15F2N3O2/c1-11(13-7-6-12(19)8-15(13)20)22-17(24)9-23-10-21-16-5-3-2-4-14(16)18(23)25/h2-8,10-11H,9H2,1H3,(H,22,24)/t11-/m0/s1. The fourth-order valence-corrected chi connectivity index (χ4v) is 2.59. The zero-order valence-corrected chi connectivity index (χ0v) is 13.4. The monoisotopic (exact) mass is 343 g/mol. The van der Waals surface area contributed by atoms with Crippen LogP contribution in [-0.2, 0) is 11.3 Å². The van der Waals surface area contributed by atoms with E-state index in [-0.39, 0.29) is 17.7 Å². The number of halogens is 2. The first-order valence-corrected chi connectivity index (χ1v) is 7.64. The molecule has 0 aliphatic carbocycles. The van der Waals surface area contributed by atoms with E-state index in [0.717, 1.165) is 12.1 Å². The van der Waals surface area contributed by atoms with E-state index in [1.165, 1.54) is 17.0 Å². The summed E-state index contributed by atoms with van der Waals surface area (Å²) in [6.45, 7) is 1.33. The number of benzene rings is 2. The van der Waals surface area contributed by atoms with Gasteiger partial charge in [-0.1, -0.05) is 18.2 Å². The third kappa shape index (κ3) is 3.55. The molecule has 7 heteroatoms. The topological polar surface area (TPSA) is 64.0 Å². The average molecular weight is 343 g/mol. The molecule has 0 aliphatic rings. The number of fused-ring (bicyclic) bond motifs is 1. The minimum Gasteiger partial charge on any atom is -0.348 e. The molecule has 5 nitrogen and oxygen atoms in total. The third-order valence-electron chi connectivity index (χ3n) is 3.85. The second kappa shape index (κ2) is 6.80. The zero-order chi connectivity index (χ0) is 18.0. The van der Waals surface area contributed by atoms with Gasteiger partial charge in [-0.2, -0.15) is 0 Å². The van der Waals surface area contributed by atoms with E-state index < -0.39 is 23.6 Å². The van der Waals surface area contributed by atoms with Crippen molar-refractivity contribution in [2.75, 3.05) is 0 Å². The molecule has 3 rings (SSSR count). The van der Waals surface area contributed by atoms with Crippen LogP contribution in [0, 0.1) is 11.6 Å². The van der Waals surface area contributed by atoms with Crippen LogP contribution in [0.25, 0.3) is 10.9 Å². The Kier molecular flexibility index (Phi) is 4.56. The van der Waals surface area contributed by atoms with E-state index in [0.29, 0.717) is 10.9 Å². The SMILES string of the molecule is C[C@H](NC(=O)Cn1cnc2ccccc2c1=O)c1ccc(F)cc1F. The molecule has 2 aromatic carbocycles. The Morgan fingerprint density at radius 3 is 2.76 bits per heavy atom. The van der Waals surface area contributed by atoms with Gasteiger partial charge in [-0.25, -0.2) is 13.8 Å². The number of carbonyl (C=O) groups excluding carboxylic acids is 1. The minimum atomic E-state index is -0.739. The Bertz CT molecular complexity index is 1000. The number of hydrogen-bond donors (Lipinski definition) is 1. The second-order valence-electron chi connectivity index (χ2n) is 5.65. The number of carbonyl (C=O) groups is 1. The van der Waals surface area contributed by atoms with Crippen LogP contribution in [0.2, 0.25) is 0 Å². The highest BCUT2D eigenvalue weighted by Crippen LogP contribution is 2.17. The Labute approximate surface area is 141 Å². The summed E-state index contributed by atoms with van der Waals surface area (Å²) in [5, 5.41) is 3.00. The van der Waals surface area contributed by atoms with Crippen molar-refractivity contribution in [2.45, 2.75) is 19.5 Å². The van der Waals surface area contributed by atoms with E-state index >= 15 is 0 Å². The molecule has 0 bridgehead atoms. The van der Waals surface area contributed by atoms with Crippen molar-refractivity contribution in [3.05, 3.63) is 76.3 Å². The summed E-state index contributed by atoms with van der Waals surface area (Å²) in [4.78, 5) is 28.7. The predicted octanol–water partition coefficient (Wildman–Crippen LogP) is 2.55. The fourth-order valence-electron chi connectivity index (χ4n) is 2.59. The molecule has 0 spiro atoms. The summed E-state index contributed by atoms with van der Waals surface area (Å²) >= 11 is 0. The van der Waals surface area contributed by atoms with Crippen LogP contribution in [0.3, 0.4) is 0 Å². The zero-order valence-electron chi connectivity index (χ0n) is 13.4. The summed E-state index contributed by atoms with van der Waals surface area (Å²) in [6.07, 6.45) is 1.30. The van der Waals surface area contributed by atoms with Gasteiger partial charge in [-0.15, -0.1) is 0 Å². The number of para-hydroxylation sites is 1. The number of nitrogens with zero attached hydrogens (tertiary/aromatic N) is 2. The highest BCUT2D eigenvalue weighted by molar-refractivity contribution is 5.79. The van der Waals surface area contributed by atoms with Crippen LogP contribution in [0.5, 0.6) is 0 Å². The van der Waals surface area contributed by atoms with Crippen LogP contribution < -0.4 is 10.9 Å². The average Bonchev–Trinajstić information content (AvgIpc) is 2.57. The normalized spacial score (nSPS) is 12.1. The van der Waals surface area contributed by atoms with Gasteiger partial charge < -0.3 is 5.32 Å². The largest absolute Gasteiger partial charge is 0.348 e. The summed E-state index contributed by atoms with van der Waals surface area (Å²) < 4.78 is 27.9. The van der Waals surface area contributed by atoms with Gasteiger partial charge in [0.1, 0.15) is 18.2 Å². The van der Waals surface area contributed by atoms with Crippen molar-refractivity contribution >= 4 is 16.8 Å². The van der Waals surface area contributed by atoms with Crippen LogP contribution in [0.15, 0.2) is 53.6 Å². The summed E-state index contributed by atoms with van der Waals surface area (Å²) in [5.41, 5.74) is 0.381. The van der Waals surface area contributed by atoms with E-state index in [4.69, 9.17) is 0 Å². The van der Waals surface area contributed by atoms with Gasteiger partial charge in [0.05, 0.1) is 23.3 Å². The van der Waals surface area contributed by atoms with Gasteiger partial charge in [0.15, 0.2) is 0 Å². The molecule has 3 aromatic rings. The second-order valence-corrected chi connectivity index (χ2v) is 5.65. The lowest BCUT2D eigenvalue weighted by Gasteiger charge is -2.15. The number of nitrogens with one attached hydrogen (secondary N) is 1. The number of rotatable bonds is 4. The third-order valence-corrected chi connectivity index (χ3v) is 3.85. The Morgan fingerprint density at radius 1 is 1.24 bits per heavy atom. The highest BCUT2D eigenvalue weighted by Gasteiger charge is 2.15. The van der Waals surface area contributed by atoms with E-state index in [1.54, 1.807) is 31.2 Å². The highest BCUT2D eigenvalue weighted by atomic mass is 19.1. The molecule has 1 aromatic heterocycles. The number of hydrogen-bond acceptors (Lipinski definition) is 3. The fraction of sp³-hybridized carbons (Fsp3) is 0.167. The molecule has 0 aliphatic heterocycles. The van der Waals surface area contributed by atoms with Crippen molar-refractivity contribution in [1.29, 1.82) is 0 Å². The van der Waals surface area contributed by atoms with Gasteiger partial charge >= 0.3 is 0 Å². The van der Waals surface area contributed by atoms with Crippen molar-refractivity contribution in [3.8, 4) is 0 Å². The molecule has 1 N–H and O–H groups in total. The Balaban J connectivity index is 1.76. The Hall–Kier alpha value is -3.09. The van der Waals surface area contributed by atoms with Crippen molar-refractivity contribution < 1.29 is 13.6 Å². The summed E-state index contributed by atoms with van der Waals surface area (Å²) in [5.74, 6) is -1.90. The molecule has 1 amide bonds. The maximum atomic E-state index is 13.8. The van der Waals surface area contributed by atoms with E-state index in [2.05, 4.69) is 10.3 Å². The van der Waals surface area contributed by atoms with E-state index in [1.807, 2.05) is 0 Å². The molecule has 0 saturated carbocycles. The van der Waals surface area contributed by atoms with Crippen LogP contribution in [-0.4, -0.2) is 15.5 Å². The predicted molar refractivity (Wildman–Crippen MR) is 88.9 cm³/mol. The molecule has 25 heavy (non-hydrogen) atoms. The van der Waals surface area contributed by atoms with Crippen molar-refractivity contribution in [2.24, 2.45) is 0 Å². The van der Waals surface area contributed by atoms with Gasteiger partial charge in [0.2, 0.25) is 5.91 Å². The van der Waals surface area contributed by atoms with Crippen LogP contribution >= 0.6 is 0 Å². The lowest BCUT2D eigenvalue weighted by molar-refractivity contribution is -0.122. The summed E-state index contributed by atoms with van der Waals surface area (Å²) in [7, 11) is 0. The molecular weight excluding hydrogens is 328 g/mol. The van der Waals surface area contributed by atoms with Crippen LogP contribution in [0.1, 0.15) is 18.5 Å². The van der Waals surface area contributed by atoms with Crippen molar-refractivity contribution in [3.63, 3.8) is 0 Å². The molecular formula is C18H15F2N3O2. The van der Waals surface area contributed by atoms with Gasteiger partial charge in [0.25, 0.3) is 5.56 Å². The van der Waals surface area contributed by atoms with Crippen molar-refractivity contribution in [1.82, 2.24) is 14.9 Å². The van der Waals surface area contributed by atoms with E-state index in [9.17, 15) is 18.4 Å². The summed E-state index contributed by atoms with van der Waals surface area (Å²) in [6, 6.07) is 9.32. The molecule has 1 atom stereocenters. The van der Waals surface area contributed by atoms with Crippen LogP contribution in [0.4, 0.5) is 8.78 Å².